The molecule has 0 radical (unpaired) electrons. The molecular formula is C13H18N2O4S. The van der Waals surface area contributed by atoms with Gasteiger partial charge in [-0.25, -0.2) is 18.4 Å². The molecular weight excluding hydrogens is 280 g/mol. The molecule has 1 aromatic carbocycles. The SMILES string of the molecule is NS(=O)(=O)c1ccc(C(=O)OCCN2CCCC2)cc1. The molecule has 2 rings (SSSR count). The van der Waals surface area contributed by atoms with Crippen molar-refractivity contribution in [3.63, 3.8) is 0 Å². The smallest absolute Gasteiger partial charge is 0.338 e. The largest absolute Gasteiger partial charge is 0.461 e. The van der Waals surface area contributed by atoms with E-state index in [0.29, 0.717) is 12.2 Å². The van der Waals surface area contributed by atoms with E-state index in [2.05, 4.69) is 4.90 Å². The Morgan fingerprint density at radius 1 is 1.20 bits per heavy atom. The predicted molar refractivity (Wildman–Crippen MR) is 73.8 cm³/mol. The minimum absolute atomic E-state index is 0.0221. The second-order valence-corrected chi connectivity index (χ2v) is 6.32. The fraction of sp³-hybridized carbons (Fsp3) is 0.462. The Morgan fingerprint density at radius 2 is 1.80 bits per heavy atom. The van der Waals surface area contributed by atoms with Gasteiger partial charge in [0.2, 0.25) is 10.0 Å². The van der Waals surface area contributed by atoms with Gasteiger partial charge in [0.1, 0.15) is 6.61 Å². The Hall–Kier alpha value is -1.44. The first-order chi connectivity index (χ1) is 9.47. The molecule has 0 spiro atoms. The minimum Gasteiger partial charge on any atom is -0.461 e. The molecule has 0 unspecified atom stereocenters. The number of hydrogen-bond acceptors (Lipinski definition) is 5. The lowest BCUT2D eigenvalue weighted by molar-refractivity contribution is 0.0472. The van der Waals surface area contributed by atoms with Crippen LogP contribution in [0.1, 0.15) is 23.2 Å². The van der Waals surface area contributed by atoms with Crippen LogP contribution in [-0.2, 0) is 14.8 Å². The van der Waals surface area contributed by atoms with Gasteiger partial charge in [0.05, 0.1) is 10.5 Å². The first-order valence-electron chi connectivity index (χ1n) is 6.49. The average molecular weight is 298 g/mol. The molecule has 1 aliphatic rings. The number of primary sulfonamides is 1. The molecule has 1 fully saturated rings. The zero-order valence-corrected chi connectivity index (χ0v) is 11.9. The van der Waals surface area contributed by atoms with E-state index in [1.54, 1.807) is 0 Å². The number of carbonyl (C=O) groups is 1. The Bertz CT molecular complexity index is 563. The first-order valence-corrected chi connectivity index (χ1v) is 8.04. The van der Waals surface area contributed by atoms with Crippen LogP contribution >= 0.6 is 0 Å². The molecule has 0 saturated carbocycles. The molecule has 1 aromatic rings. The van der Waals surface area contributed by atoms with Crippen molar-refractivity contribution in [3.05, 3.63) is 29.8 Å². The average Bonchev–Trinajstić information content (AvgIpc) is 2.91. The van der Waals surface area contributed by atoms with Crippen molar-refractivity contribution in [1.82, 2.24) is 4.90 Å². The van der Waals surface area contributed by atoms with Gasteiger partial charge >= 0.3 is 5.97 Å². The summed E-state index contributed by atoms with van der Waals surface area (Å²) >= 11 is 0. The van der Waals surface area contributed by atoms with Gasteiger partial charge in [-0.3, -0.25) is 4.90 Å². The molecule has 6 nitrogen and oxygen atoms in total. The van der Waals surface area contributed by atoms with Crippen LogP contribution in [0.4, 0.5) is 0 Å². The number of esters is 1. The number of benzene rings is 1. The second kappa shape index (κ2) is 6.34. The van der Waals surface area contributed by atoms with Crippen molar-refractivity contribution < 1.29 is 17.9 Å². The van der Waals surface area contributed by atoms with Gasteiger partial charge in [-0.15, -0.1) is 0 Å². The molecule has 0 amide bonds. The third kappa shape index (κ3) is 4.03. The lowest BCUT2D eigenvalue weighted by atomic mass is 10.2. The molecule has 1 saturated heterocycles. The minimum atomic E-state index is -3.73. The summed E-state index contributed by atoms with van der Waals surface area (Å²) in [6, 6.07) is 5.40. The summed E-state index contributed by atoms with van der Waals surface area (Å²) in [7, 11) is -3.73. The number of nitrogens with two attached hydrogens (primary N) is 1. The Balaban J connectivity index is 1.85. The lowest BCUT2D eigenvalue weighted by Gasteiger charge is -2.14. The summed E-state index contributed by atoms with van der Waals surface area (Å²) in [5, 5.41) is 4.98. The van der Waals surface area contributed by atoms with E-state index in [0.717, 1.165) is 19.6 Å². The van der Waals surface area contributed by atoms with Crippen LogP contribution in [0.5, 0.6) is 0 Å². The predicted octanol–water partition coefficient (Wildman–Crippen LogP) is 0.587. The van der Waals surface area contributed by atoms with Gasteiger partial charge in [-0.2, -0.15) is 0 Å². The van der Waals surface area contributed by atoms with Crippen molar-refractivity contribution in [2.75, 3.05) is 26.2 Å². The number of ether oxygens (including phenoxy) is 1. The third-order valence-electron chi connectivity index (χ3n) is 3.26. The molecule has 110 valence electrons. The molecule has 20 heavy (non-hydrogen) atoms. The normalized spacial score (nSPS) is 16.2. The summed E-state index contributed by atoms with van der Waals surface area (Å²) in [5.74, 6) is -0.454. The van der Waals surface area contributed by atoms with Crippen LogP contribution in [0.3, 0.4) is 0 Å². The molecule has 0 atom stereocenters. The summed E-state index contributed by atoms with van der Waals surface area (Å²) < 4.78 is 27.3. The molecule has 1 aliphatic heterocycles. The van der Waals surface area contributed by atoms with Crippen molar-refractivity contribution in [3.8, 4) is 0 Å². The number of rotatable bonds is 5. The monoisotopic (exact) mass is 298 g/mol. The lowest BCUT2D eigenvalue weighted by Crippen LogP contribution is -2.25. The van der Waals surface area contributed by atoms with Crippen molar-refractivity contribution in [2.45, 2.75) is 17.7 Å². The zero-order valence-electron chi connectivity index (χ0n) is 11.1. The Kier molecular flexibility index (Phi) is 4.74. The van der Waals surface area contributed by atoms with Crippen molar-refractivity contribution >= 4 is 16.0 Å². The van der Waals surface area contributed by atoms with Crippen LogP contribution in [0.15, 0.2) is 29.2 Å². The quantitative estimate of drug-likeness (QED) is 0.803. The van der Waals surface area contributed by atoms with E-state index >= 15 is 0 Å². The number of nitrogens with zero attached hydrogens (tertiary/aromatic N) is 1. The van der Waals surface area contributed by atoms with E-state index < -0.39 is 16.0 Å². The van der Waals surface area contributed by atoms with Gasteiger partial charge in [0.15, 0.2) is 0 Å². The first kappa shape index (κ1) is 15.0. The van der Waals surface area contributed by atoms with Crippen molar-refractivity contribution in [2.24, 2.45) is 5.14 Å². The van der Waals surface area contributed by atoms with Gasteiger partial charge in [0.25, 0.3) is 0 Å². The van der Waals surface area contributed by atoms with Gasteiger partial charge in [0, 0.05) is 6.54 Å². The van der Waals surface area contributed by atoms with Crippen molar-refractivity contribution in [1.29, 1.82) is 0 Å². The zero-order chi connectivity index (χ0) is 14.6. The standard InChI is InChI=1S/C13H18N2O4S/c14-20(17,18)12-5-3-11(4-6-12)13(16)19-10-9-15-7-1-2-8-15/h3-6H,1-2,7-10H2,(H2,14,17,18). The highest BCUT2D eigenvalue weighted by atomic mass is 32.2. The fourth-order valence-electron chi connectivity index (χ4n) is 2.14. The van der Waals surface area contributed by atoms with E-state index in [-0.39, 0.29) is 4.90 Å². The summed E-state index contributed by atoms with van der Waals surface area (Å²) in [6.45, 7) is 3.19. The van der Waals surface area contributed by atoms with Crippen LogP contribution < -0.4 is 5.14 Å². The maximum Gasteiger partial charge on any atom is 0.338 e. The van der Waals surface area contributed by atoms with Crippen LogP contribution in [0, 0.1) is 0 Å². The summed E-state index contributed by atoms with van der Waals surface area (Å²) in [4.78, 5) is 14.0. The molecule has 1 heterocycles. The number of hydrogen-bond donors (Lipinski definition) is 1. The summed E-state index contributed by atoms with van der Waals surface area (Å²) in [6.07, 6.45) is 2.39. The Labute approximate surface area is 118 Å². The van der Waals surface area contributed by atoms with Gasteiger partial charge in [-0.1, -0.05) is 0 Å². The van der Waals surface area contributed by atoms with E-state index in [1.165, 1.54) is 37.1 Å². The second-order valence-electron chi connectivity index (χ2n) is 4.75. The van der Waals surface area contributed by atoms with Crippen LogP contribution in [0.2, 0.25) is 0 Å². The highest BCUT2D eigenvalue weighted by molar-refractivity contribution is 7.89. The van der Waals surface area contributed by atoms with E-state index in [9.17, 15) is 13.2 Å². The van der Waals surface area contributed by atoms with Gasteiger partial charge in [-0.05, 0) is 50.2 Å². The molecule has 7 heteroatoms. The fourth-order valence-corrected chi connectivity index (χ4v) is 2.65. The topological polar surface area (TPSA) is 89.7 Å². The number of carbonyl (C=O) groups excluding carboxylic acids is 1. The molecule has 0 aliphatic carbocycles. The molecule has 0 bridgehead atoms. The molecule has 0 aromatic heterocycles. The Morgan fingerprint density at radius 3 is 2.35 bits per heavy atom. The molecule has 2 N–H and O–H groups in total. The van der Waals surface area contributed by atoms with Crippen LogP contribution in [-0.4, -0.2) is 45.5 Å². The third-order valence-corrected chi connectivity index (χ3v) is 4.19. The summed E-state index contributed by atoms with van der Waals surface area (Å²) in [5.41, 5.74) is 0.318. The highest BCUT2D eigenvalue weighted by Gasteiger charge is 2.13. The van der Waals surface area contributed by atoms with E-state index in [1.807, 2.05) is 0 Å². The van der Waals surface area contributed by atoms with Crippen LogP contribution in [0.25, 0.3) is 0 Å². The highest BCUT2D eigenvalue weighted by Crippen LogP contribution is 2.10. The maximum atomic E-state index is 11.8. The maximum absolute atomic E-state index is 11.8. The van der Waals surface area contributed by atoms with E-state index in [4.69, 9.17) is 9.88 Å². The number of likely N-dealkylation sites (tertiary alicyclic amines) is 1. The number of sulfonamides is 1. The van der Waals surface area contributed by atoms with Gasteiger partial charge < -0.3 is 4.74 Å².